The van der Waals surface area contributed by atoms with Gasteiger partial charge in [0.15, 0.2) is 0 Å². The molecule has 20 heavy (non-hydrogen) atoms. The topological polar surface area (TPSA) is 28.2 Å². The Morgan fingerprint density at radius 2 is 2.05 bits per heavy atom. The average molecular weight is 275 g/mol. The van der Waals surface area contributed by atoms with Crippen molar-refractivity contribution < 1.29 is 0 Å². The summed E-state index contributed by atoms with van der Waals surface area (Å²) in [7, 11) is 0. The van der Waals surface area contributed by atoms with E-state index in [-0.39, 0.29) is 0 Å². The molecule has 1 saturated heterocycles. The molecule has 1 aromatic heterocycles. The second kappa shape index (κ2) is 6.57. The Morgan fingerprint density at radius 1 is 1.30 bits per heavy atom. The predicted molar refractivity (Wildman–Crippen MR) is 86.2 cm³/mol. The molecule has 3 nitrogen and oxygen atoms in total. The van der Waals surface area contributed by atoms with Gasteiger partial charge in [-0.1, -0.05) is 33.8 Å². The lowest BCUT2D eigenvalue weighted by Crippen LogP contribution is -2.34. The molecule has 1 N–H and O–H groups in total. The quantitative estimate of drug-likeness (QED) is 0.891. The first-order chi connectivity index (χ1) is 9.49. The van der Waals surface area contributed by atoms with Gasteiger partial charge >= 0.3 is 0 Å². The molecule has 1 unspecified atom stereocenters. The molecule has 0 saturated carbocycles. The Labute approximate surface area is 123 Å². The van der Waals surface area contributed by atoms with E-state index in [1.807, 2.05) is 0 Å². The van der Waals surface area contributed by atoms with Crippen LogP contribution < -0.4 is 10.2 Å². The van der Waals surface area contributed by atoms with E-state index in [0.717, 1.165) is 24.6 Å². The molecule has 1 aliphatic heterocycles. The van der Waals surface area contributed by atoms with Crippen LogP contribution in [0.25, 0.3) is 0 Å². The van der Waals surface area contributed by atoms with Crippen molar-refractivity contribution in [1.29, 1.82) is 0 Å². The van der Waals surface area contributed by atoms with E-state index in [4.69, 9.17) is 4.98 Å². The molecule has 0 bridgehead atoms. The van der Waals surface area contributed by atoms with E-state index < -0.39 is 0 Å². The molecule has 1 aromatic rings. The maximum atomic E-state index is 4.85. The van der Waals surface area contributed by atoms with Gasteiger partial charge in [0.2, 0.25) is 0 Å². The number of hydrogen-bond donors (Lipinski definition) is 1. The normalized spacial score (nSPS) is 19.4. The van der Waals surface area contributed by atoms with Crippen LogP contribution in [0.15, 0.2) is 12.1 Å². The highest BCUT2D eigenvalue weighted by Gasteiger charge is 2.28. The summed E-state index contributed by atoms with van der Waals surface area (Å²) in [5, 5.41) is 3.47. The van der Waals surface area contributed by atoms with Crippen molar-refractivity contribution in [1.82, 2.24) is 10.3 Å². The predicted octanol–water partition coefficient (Wildman–Crippen LogP) is 3.51. The second-order valence-electron chi connectivity index (χ2n) is 6.60. The maximum absolute atomic E-state index is 4.85. The first-order valence-electron chi connectivity index (χ1n) is 7.95. The Bertz CT molecular complexity index is 440. The molecule has 112 valence electrons. The first kappa shape index (κ1) is 15.3. The Hall–Kier alpha value is -1.09. The SMILES string of the molecule is Cc1nc(N2CCCC2C(C)C)ccc1CNC(C)C. The molecule has 1 atom stereocenters. The lowest BCUT2D eigenvalue weighted by Gasteiger charge is -2.29. The van der Waals surface area contributed by atoms with Gasteiger partial charge in [-0.2, -0.15) is 0 Å². The van der Waals surface area contributed by atoms with Crippen LogP contribution in [0.3, 0.4) is 0 Å². The van der Waals surface area contributed by atoms with Gasteiger partial charge < -0.3 is 10.2 Å². The summed E-state index contributed by atoms with van der Waals surface area (Å²) in [5.41, 5.74) is 2.47. The molecule has 0 aliphatic carbocycles. The van der Waals surface area contributed by atoms with Crippen LogP contribution in [-0.2, 0) is 6.54 Å². The van der Waals surface area contributed by atoms with Crippen LogP contribution >= 0.6 is 0 Å². The fourth-order valence-electron chi connectivity index (χ4n) is 3.01. The first-order valence-corrected chi connectivity index (χ1v) is 7.95. The number of rotatable bonds is 5. The minimum absolute atomic E-state index is 0.512. The van der Waals surface area contributed by atoms with E-state index in [1.165, 1.54) is 18.4 Å². The zero-order valence-electron chi connectivity index (χ0n) is 13.6. The van der Waals surface area contributed by atoms with Gasteiger partial charge in [-0.15, -0.1) is 0 Å². The number of aryl methyl sites for hydroxylation is 1. The second-order valence-corrected chi connectivity index (χ2v) is 6.60. The van der Waals surface area contributed by atoms with Crippen LogP contribution in [0.2, 0.25) is 0 Å². The highest BCUT2D eigenvalue weighted by atomic mass is 15.2. The van der Waals surface area contributed by atoms with Crippen LogP contribution in [-0.4, -0.2) is 23.6 Å². The number of anilines is 1. The van der Waals surface area contributed by atoms with Crippen LogP contribution in [0.5, 0.6) is 0 Å². The van der Waals surface area contributed by atoms with E-state index >= 15 is 0 Å². The summed E-state index contributed by atoms with van der Waals surface area (Å²) in [6.07, 6.45) is 2.59. The maximum Gasteiger partial charge on any atom is 0.129 e. The van der Waals surface area contributed by atoms with Gasteiger partial charge in [0.1, 0.15) is 5.82 Å². The molecule has 3 heteroatoms. The molecular formula is C17H29N3. The van der Waals surface area contributed by atoms with E-state index in [1.54, 1.807) is 0 Å². The lowest BCUT2D eigenvalue weighted by atomic mass is 10.0. The Morgan fingerprint density at radius 3 is 2.65 bits per heavy atom. The number of pyridine rings is 1. The lowest BCUT2D eigenvalue weighted by molar-refractivity contribution is 0.489. The third-order valence-corrected chi connectivity index (χ3v) is 4.24. The summed E-state index contributed by atoms with van der Waals surface area (Å²) in [4.78, 5) is 7.35. The third kappa shape index (κ3) is 3.51. The molecule has 2 heterocycles. The van der Waals surface area contributed by atoms with Gasteiger partial charge in [0.05, 0.1) is 0 Å². The van der Waals surface area contributed by atoms with E-state index in [2.05, 4.69) is 57.0 Å². The summed E-state index contributed by atoms with van der Waals surface area (Å²) < 4.78 is 0. The standard InChI is InChI=1S/C17H29N3/c1-12(2)16-7-6-10-20(16)17-9-8-15(14(5)19-17)11-18-13(3)4/h8-9,12-13,16,18H,6-7,10-11H2,1-5H3. The van der Waals surface area contributed by atoms with Crippen molar-refractivity contribution in [2.75, 3.05) is 11.4 Å². The fourth-order valence-corrected chi connectivity index (χ4v) is 3.01. The van der Waals surface area contributed by atoms with Gasteiger partial charge in [0, 0.05) is 30.9 Å². The van der Waals surface area contributed by atoms with Crippen molar-refractivity contribution in [3.05, 3.63) is 23.4 Å². The largest absolute Gasteiger partial charge is 0.353 e. The average Bonchev–Trinajstić information content (AvgIpc) is 2.86. The molecule has 1 aliphatic rings. The molecule has 1 fully saturated rings. The van der Waals surface area contributed by atoms with E-state index in [9.17, 15) is 0 Å². The van der Waals surface area contributed by atoms with Gasteiger partial charge in [-0.25, -0.2) is 4.98 Å². The minimum Gasteiger partial charge on any atom is -0.353 e. The summed E-state index contributed by atoms with van der Waals surface area (Å²) in [5.74, 6) is 1.86. The summed E-state index contributed by atoms with van der Waals surface area (Å²) >= 11 is 0. The van der Waals surface area contributed by atoms with Crippen molar-refractivity contribution in [2.24, 2.45) is 5.92 Å². The Kier molecular flexibility index (Phi) is 5.03. The van der Waals surface area contributed by atoms with Crippen molar-refractivity contribution >= 4 is 5.82 Å². The van der Waals surface area contributed by atoms with Crippen molar-refractivity contribution in [2.45, 2.75) is 66.1 Å². The molecule has 0 spiro atoms. The molecule has 0 radical (unpaired) electrons. The minimum atomic E-state index is 0.512. The van der Waals surface area contributed by atoms with Crippen molar-refractivity contribution in [3.63, 3.8) is 0 Å². The molecule has 0 amide bonds. The number of nitrogens with zero attached hydrogens (tertiary/aromatic N) is 2. The van der Waals surface area contributed by atoms with E-state index in [0.29, 0.717) is 18.0 Å². The fraction of sp³-hybridized carbons (Fsp3) is 0.706. The highest BCUT2D eigenvalue weighted by Crippen LogP contribution is 2.28. The zero-order valence-corrected chi connectivity index (χ0v) is 13.6. The Balaban J connectivity index is 2.12. The molecule has 0 aromatic carbocycles. The zero-order chi connectivity index (χ0) is 14.7. The van der Waals surface area contributed by atoms with Gasteiger partial charge in [-0.3, -0.25) is 0 Å². The highest BCUT2D eigenvalue weighted by molar-refractivity contribution is 5.44. The third-order valence-electron chi connectivity index (χ3n) is 4.24. The van der Waals surface area contributed by atoms with Gasteiger partial charge in [0.25, 0.3) is 0 Å². The number of hydrogen-bond acceptors (Lipinski definition) is 3. The van der Waals surface area contributed by atoms with Crippen LogP contribution in [0.4, 0.5) is 5.82 Å². The monoisotopic (exact) mass is 275 g/mol. The van der Waals surface area contributed by atoms with Crippen LogP contribution in [0, 0.1) is 12.8 Å². The number of aromatic nitrogens is 1. The molecular weight excluding hydrogens is 246 g/mol. The van der Waals surface area contributed by atoms with Crippen LogP contribution in [0.1, 0.15) is 51.8 Å². The van der Waals surface area contributed by atoms with Gasteiger partial charge in [-0.05, 0) is 37.3 Å². The van der Waals surface area contributed by atoms with Crippen molar-refractivity contribution in [3.8, 4) is 0 Å². The molecule has 2 rings (SSSR count). The summed E-state index contributed by atoms with van der Waals surface area (Å²) in [6.45, 7) is 13.2. The number of nitrogens with one attached hydrogen (secondary N) is 1. The summed E-state index contributed by atoms with van der Waals surface area (Å²) in [6, 6.07) is 5.60. The smallest absolute Gasteiger partial charge is 0.129 e.